The number of nitro benzene ring substituents is 1. The molecule has 6 nitrogen and oxygen atoms in total. The third kappa shape index (κ3) is 3.45. The normalized spacial score (nSPS) is 10.2. The van der Waals surface area contributed by atoms with Gasteiger partial charge in [-0.15, -0.1) is 0 Å². The predicted molar refractivity (Wildman–Crippen MR) is 81.8 cm³/mol. The second kappa shape index (κ2) is 6.04. The molecular formula is C13H8FIN2O4. The molecule has 2 aromatic carbocycles. The standard InChI is InChI=1S/C13H8FIN2O4/c14-7-1-3-11(10(15)5-7)16-13(19)9-6-8(18)2-4-12(9)17(20)21/h1-6,18H,(H,16,19). The van der Waals surface area contributed by atoms with Gasteiger partial charge >= 0.3 is 0 Å². The van der Waals surface area contributed by atoms with E-state index in [0.29, 0.717) is 9.26 Å². The van der Waals surface area contributed by atoms with Crippen molar-refractivity contribution in [2.45, 2.75) is 0 Å². The van der Waals surface area contributed by atoms with Crippen molar-refractivity contribution < 1.29 is 19.2 Å². The number of carbonyl (C=O) groups is 1. The van der Waals surface area contributed by atoms with Crippen molar-refractivity contribution in [3.63, 3.8) is 0 Å². The Morgan fingerprint density at radius 2 is 2.00 bits per heavy atom. The average Bonchev–Trinajstić information content (AvgIpc) is 2.41. The molecule has 108 valence electrons. The number of phenols is 1. The summed E-state index contributed by atoms with van der Waals surface area (Å²) < 4.78 is 13.4. The maximum absolute atomic E-state index is 13.0. The van der Waals surface area contributed by atoms with Gasteiger partial charge in [0.1, 0.15) is 17.1 Å². The quantitative estimate of drug-likeness (QED) is 0.468. The lowest BCUT2D eigenvalue weighted by atomic mass is 10.1. The molecule has 0 saturated heterocycles. The van der Waals surface area contributed by atoms with E-state index >= 15 is 0 Å². The molecule has 8 heteroatoms. The fourth-order valence-corrected chi connectivity index (χ4v) is 2.26. The third-order valence-electron chi connectivity index (χ3n) is 2.60. The Morgan fingerprint density at radius 3 is 2.62 bits per heavy atom. The molecule has 21 heavy (non-hydrogen) atoms. The van der Waals surface area contributed by atoms with Crippen LogP contribution in [0.3, 0.4) is 0 Å². The summed E-state index contributed by atoms with van der Waals surface area (Å²) in [5.41, 5.74) is -0.387. The van der Waals surface area contributed by atoms with Crippen molar-refractivity contribution in [3.8, 4) is 5.75 Å². The molecule has 0 saturated carbocycles. The fourth-order valence-electron chi connectivity index (χ4n) is 1.65. The van der Waals surface area contributed by atoms with Crippen molar-refractivity contribution in [1.29, 1.82) is 0 Å². The average molecular weight is 402 g/mol. The van der Waals surface area contributed by atoms with E-state index in [1.165, 1.54) is 12.1 Å². The van der Waals surface area contributed by atoms with Crippen molar-refractivity contribution in [1.82, 2.24) is 0 Å². The van der Waals surface area contributed by atoms with Crippen LogP contribution in [0.15, 0.2) is 36.4 Å². The van der Waals surface area contributed by atoms with Crippen molar-refractivity contribution in [2.75, 3.05) is 5.32 Å². The zero-order valence-corrected chi connectivity index (χ0v) is 12.5. The minimum atomic E-state index is -0.762. The fraction of sp³-hybridized carbons (Fsp3) is 0. The largest absolute Gasteiger partial charge is 0.508 e. The minimum absolute atomic E-state index is 0.264. The Bertz CT molecular complexity index is 736. The van der Waals surface area contributed by atoms with E-state index in [2.05, 4.69) is 5.32 Å². The highest BCUT2D eigenvalue weighted by Crippen LogP contribution is 2.25. The van der Waals surface area contributed by atoms with Crippen LogP contribution in [0.2, 0.25) is 0 Å². The van der Waals surface area contributed by atoms with Crippen molar-refractivity contribution >= 4 is 39.9 Å². The molecule has 2 N–H and O–H groups in total. The lowest BCUT2D eigenvalue weighted by Gasteiger charge is -2.08. The number of rotatable bonds is 3. The lowest BCUT2D eigenvalue weighted by molar-refractivity contribution is -0.385. The number of nitro groups is 1. The van der Waals surface area contributed by atoms with Gasteiger partial charge in [0.2, 0.25) is 0 Å². The number of anilines is 1. The molecule has 0 unspecified atom stereocenters. The minimum Gasteiger partial charge on any atom is -0.508 e. The second-order valence-electron chi connectivity index (χ2n) is 4.04. The molecule has 0 aliphatic heterocycles. The van der Waals surface area contributed by atoms with Crippen LogP contribution in [-0.2, 0) is 0 Å². The molecule has 0 radical (unpaired) electrons. The van der Waals surface area contributed by atoms with Crippen LogP contribution in [-0.4, -0.2) is 15.9 Å². The smallest absolute Gasteiger partial charge is 0.282 e. The highest BCUT2D eigenvalue weighted by molar-refractivity contribution is 14.1. The first kappa shape index (κ1) is 15.2. The van der Waals surface area contributed by atoms with E-state index in [9.17, 15) is 24.4 Å². The van der Waals surface area contributed by atoms with E-state index in [4.69, 9.17) is 0 Å². The number of nitrogens with one attached hydrogen (secondary N) is 1. The number of benzene rings is 2. The Kier molecular flexibility index (Phi) is 4.36. The van der Waals surface area contributed by atoms with Gasteiger partial charge in [0.05, 0.1) is 10.6 Å². The molecule has 0 aliphatic rings. The summed E-state index contributed by atoms with van der Waals surface area (Å²) in [5.74, 6) is -1.48. The molecule has 0 fully saturated rings. The molecule has 0 atom stereocenters. The number of halogens is 2. The summed E-state index contributed by atoms with van der Waals surface area (Å²) in [5, 5.41) is 22.7. The first-order valence-electron chi connectivity index (χ1n) is 5.62. The topological polar surface area (TPSA) is 92.5 Å². The van der Waals surface area contributed by atoms with E-state index in [1.807, 2.05) is 22.6 Å². The van der Waals surface area contributed by atoms with Gasteiger partial charge in [0, 0.05) is 9.64 Å². The molecule has 0 bridgehead atoms. The van der Waals surface area contributed by atoms with E-state index in [0.717, 1.165) is 24.3 Å². The zero-order valence-electron chi connectivity index (χ0n) is 10.3. The molecule has 2 rings (SSSR count). The third-order valence-corrected chi connectivity index (χ3v) is 3.49. The zero-order chi connectivity index (χ0) is 15.6. The van der Waals surface area contributed by atoms with Crippen LogP contribution in [0.1, 0.15) is 10.4 Å². The van der Waals surface area contributed by atoms with E-state index < -0.39 is 22.3 Å². The summed E-state index contributed by atoms with van der Waals surface area (Å²) in [6.45, 7) is 0. The summed E-state index contributed by atoms with van der Waals surface area (Å²) in [7, 11) is 0. The van der Waals surface area contributed by atoms with Gasteiger partial charge in [-0.05, 0) is 52.9 Å². The summed E-state index contributed by atoms with van der Waals surface area (Å²) in [6.07, 6.45) is 0. The van der Waals surface area contributed by atoms with Gasteiger partial charge < -0.3 is 10.4 Å². The molecule has 0 aliphatic carbocycles. The number of hydrogen-bond acceptors (Lipinski definition) is 4. The van der Waals surface area contributed by atoms with Crippen molar-refractivity contribution in [2.24, 2.45) is 0 Å². The van der Waals surface area contributed by atoms with Crippen LogP contribution in [0.4, 0.5) is 15.8 Å². The highest BCUT2D eigenvalue weighted by atomic mass is 127. The highest BCUT2D eigenvalue weighted by Gasteiger charge is 2.21. The maximum Gasteiger partial charge on any atom is 0.282 e. The number of nitrogens with zero attached hydrogens (tertiary/aromatic N) is 1. The van der Waals surface area contributed by atoms with Gasteiger partial charge in [-0.25, -0.2) is 4.39 Å². The van der Waals surface area contributed by atoms with Crippen LogP contribution in [0, 0.1) is 19.5 Å². The summed E-state index contributed by atoms with van der Waals surface area (Å²) in [4.78, 5) is 22.3. The monoisotopic (exact) mass is 402 g/mol. The summed E-state index contributed by atoms with van der Waals surface area (Å²) in [6, 6.07) is 6.89. The van der Waals surface area contributed by atoms with E-state index in [-0.39, 0.29) is 11.3 Å². The first-order chi connectivity index (χ1) is 9.88. The summed E-state index contributed by atoms with van der Waals surface area (Å²) >= 11 is 1.83. The van der Waals surface area contributed by atoms with Crippen LogP contribution >= 0.6 is 22.6 Å². The predicted octanol–water partition coefficient (Wildman–Crippen LogP) is 3.30. The van der Waals surface area contributed by atoms with E-state index in [1.54, 1.807) is 0 Å². The first-order valence-corrected chi connectivity index (χ1v) is 6.70. The van der Waals surface area contributed by atoms with Crippen LogP contribution < -0.4 is 5.32 Å². The Morgan fingerprint density at radius 1 is 1.29 bits per heavy atom. The number of aromatic hydroxyl groups is 1. The second-order valence-corrected chi connectivity index (χ2v) is 5.20. The van der Waals surface area contributed by atoms with Crippen LogP contribution in [0.5, 0.6) is 5.75 Å². The van der Waals surface area contributed by atoms with Gasteiger partial charge in [0.25, 0.3) is 11.6 Å². The SMILES string of the molecule is O=C(Nc1ccc(F)cc1I)c1cc(O)ccc1[N+](=O)[O-]. The molecule has 2 aromatic rings. The Labute approximate surface area is 131 Å². The maximum atomic E-state index is 13.0. The molecule has 0 heterocycles. The number of carbonyl (C=O) groups excluding carboxylic acids is 1. The number of hydrogen-bond donors (Lipinski definition) is 2. The van der Waals surface area contributed by atoms with Crippen molar-refractivity contribution in [3.05, 3.63) is 61.5 Å². The number of amides is 1. The Balaban J connectivity index is 2.36. The molecule has 0 spiro atoms. The Hall–Kier alpha value is -2.23. The van der Waals surface area contributed by atoms with Crippen LogP contribution in [0.25, 0.3) is 0 Å². The lowest BCUT2D eigenvalue weighted by Crippen LogP contribution is -2.14. The van der Waals surface area contributed by atoms with Gasteiger partial charge in [-0.3, -0.25) is 14.9 Å². The number of phenolic OH excluding ortho intramolecular Hbond substituents is 1. The van der Waals surface area contributed by atoms with Gasteiger partial charge in [0.15, 0.2) is 0 Å². The van der Waals surface area contributed by atoms with Gasteiger partial charge in [-0.1, -0.05) is 0 Å². The molecule has 0 aromatic heterocycles. The molecule has 1 amide bonds. The molecular weight excluding hydrogens is 394 g/mol. The van der Waals surface area contributed by atoms with Gasteiger partial charge in [-0.2, -0.15) is 0 Å².